The lowest BCUT2D eigenvalue weighted by Crippen LogP contribution is -2.39. The van der Waals surface area contributed by atoms with Gasteiger partial charge in [-0.25, -0.2) is 9.78 Å². The molecule has 0 atom stereocenters. The number of aromatic nitrogens is 1. The van der Waals surface area contributed by atoms with E-state index in [4.69, 9.17) is 10.5 Å². The molecular formula is C18H26N4O2S. The largest absolute Gasteiger partial charge is 0.444 e. The summed E-state index contributed by atoms with van der Waals surface area (Å²) in [6.07, 6.45) is 0.639. The molecule has 0 saturated carbocycles. The molecule has 1 saturated heterocycles. The minimum absolute atomic E-state index is 0.243. The average Bonchev–Trinajstić information content (AvgIpc) is 2.70. The van der Waals surface area contributed by atoms with E-state index < -0.39 is 5.60 Å². The van der Waals surface area contributed by atoms with Crippen molar-refractivity contribution in [3.8, 4) is 0 Å². The summed E-state index contributed by atoms with van der Waals surface area (Å²) in [6.45, 7) is 10.6. The first kappa shape index (κ1) is 17.8. The van der Waals surface area contributed by atoms with Crippen LogP contribution in [-0.2, 0) is 4.74 Å². The number of benzene rings is 1. The molecule has 0 radical (unpaired) electrons. The first-order valence-electron chi connectivity index (χ1n) is 8.62. The maximum atomic E-state index is 12.3. The molecule has 1 aromatic heterocycles. The van der Waals surface area contributed by atoms with Crippen molar-refractivity contribution in [3.63, 3.8) is 0 Å². The van der Waals surface area contributed by atoms with E-state index in [9.17, 15) is 4.79 Å². The normalized spacial score (nSPS) is 16.2. The van der Waals surface area contributed by atoms with E-state index in [1.807, 2.05) is 33.8 Å². The number of hydrogen-bond donors (Lipinski definition) is 1. The minimum atomic E-state index is -0.471. The van der Waals surface area contributed by atoms with Crippen LogP contribution in [0.2, 0.25) is 0 Å². The number of nitrogens with zero attached hydrogens (tertiary/aromatic N) is 3. The van der Waals surface area contributed by atoms with Crippen LogP contribution in [0.1, 0.15) is 32.2 Å². The summed E-state index contributed by atoms with van der Waals surface area (Å²) in [5, 5.41) is 1.04. The third-order valence-corrected chi connectivity index (χ3v) is 5.07. The Kier molecular flexibility index (Phi) is 4.77. The zero-order valence-electron chi connectivity index (χ0n) is 15.3. The predicted octanol–water partition coefficient (Wildman–Crippen LogP) is 3.63. The molecule has 0 bridgehead atoms. The zero-order valence-corrected chi connectivity index (χ0v) is 16.2. The van der Waals surface area contributed by atoms with Crippen LogP contribution in [0.4, 0.5) is 16.2 Å². The van der Waals surface area contributed by atoms with E-state index in [1.54, 1.807) is 16.2 Å². The molecule has 136 valence electrons. The van der Waals surface area contributed by atoms with Crippen molar-refractivity contribution in [1.82, 2.24) is 9.88 Å². The van der Waals surface area contributed by atoms with Crippen molar-refractivity contribution in [2.24, 2.45) is 0 Å². The highest BCUT2D eigenvalue weighted by molar-refractivity contribution is 7.18. The smallest absolute Gasteiger partial charge is 0.410 e. The topological polar surface area (TPSA) is 71.7 Å². The van der Waals surface area contributed by atoms with Gasteiger partial charge in [-0.15, -0.1) is 11.3 Å². The van der Waals surface area contributed by atoms with Crippen LogP contribution in [-0.4, -0.2) is 47.8 Å². The Hall–Kier alpha value is -2.02. The number of nitrogen functional groups attached to an aromatic ring is 1. The number of aryl methyl sites for hydroxylation is 1. The number of hydrogen-bond acceptors (Lipinski definition) is 6. The summed E-state index contributed by atoms with van der Waals surface area (Å²) in [4.78, 5) is 20.9. The van der Waals surface area contributed by atoms with Crippen LogP contribution in [0.3, 0.4) is 0 Å². The number of rotatable bonds is 1. The van der Waals surface area contributed by atoms with E-state index in [1.165, 1.54) is 0 Å². The van der Waals surface area contributed by atoms with Crippen LogP contribution >= 0.6 is 11.3 Å². The second kappa shape index (κ2) is 6.71. The van der Waals surface area contributed by atoms with Crippen molar-refractivity contribution in [2.45, 2.75) is 39.7 Å². The molecule has 2 N–H and O–H groups in total. The molecule has 2 heterocycles. The number of thiazole rings is 1. The van der Waals surface area contributed by atoms with Gasteiger partial charge in [0, 0.05) is 26.2 Å². The molecular weight excluding hydrogens is 336 g/mol. The Bertz CT molecular complexity index is 781. The lowest BCUT2D eigenvalue weighted by molar-refractivity contribution is 0.0263. The Morgan fingerprint density at radius 2 is 2.00 bits per heavy atom. The molecule has 6 nitrogen and oxygen atoms in total. The second-order valence-electron chi connectivity index (χ2n) is 7.42. The Balaban J connectivity index is 1.75. The highest BCUT2D eigenvalue weighted by Gasteiger charge is 2.25. The van der Waals surface area contributed by atoms with Crippen molar-refractivity contribution in [1.29, 1.82) is 0 Å². The van der Waals surface area contributed by atoms with Crippen LogP contribution in [0, 0.1) is 6.92 Å². The maximum absolute atomic E-state index is 12.3. The molecule has 3 rings (SSSR count). The summed E-state index contributed by atoms with van der Waals surface area (Å²) in [5.41, 5.74) is 8.57. The highest BCUT2D eigenvalue weighted by Crippen LogP contribution is 2.32. The maximum Gasteiger partial charge on any atom is 0.410 e. The van der Waals surface area contributed by atoms with Crippen LogP contribution in [0.15, 0.2) is 12.1 Å². The zero-order chi connectivity index (χ0) is 18.2. The second-order valence-corrected chi connectivity index (χ2v) is 8.65. The summed E-state index contributed by atoms with van der Waals surface area (Å²) >= 11 is 1.66. The summed E-state index contributed by atoms with van der Waals surface area (Å²) < 4.78 is 6.61. The Morgan fingerprint density at radius 3 is 2.72 bits per heavy atom. The molecule has 7 heteroatoms. The lowest BCUT2D eigenvalue weighted by Gasteiger charge is -2.27. The molecule has 0 unspecified atom stereocenters. The van der Waals surface area contributed by atoms with E-state index in [0.717, 1.165) is 46.1 Å². The summed E-state index contributed by atoms with van der Waals surface area (Å²) in [7, 11) is 0. The standard InChI is InChI=1S/C18H26N4O2S/c1-12-20-14-11-15(13(19)10-16(14)25-12)21-6-5-7-22(9-8-21)17(23)24-18(2,3)4/h10-11H,5-9,19H2,1-4H3. The average molecular weight is 362 g/mol. The fraction of sp³-hybridized carbons (Fsp3) is 0.556. The van der Waals surface area contributed by atoms with E-state index in [-0.39, 0.29) is 6.09 Å². The molecule has 25 heavy (non-hydrogen) atoms. The van der Waals surface area contributed by atoms with E-state index in [0.29, 0.717) is 13.1 Å². The molecule has 1 aliphatic heterocycles. The van der Waals surface area contributed by atoms with Crippen molar-refractivity contribution >= 4 is 39.0 Å². The fourth-order valence-electron chi connectivity index (χ4n) is 3.04. The highest BCUT2D eigenvalue weighted by atomic mass is 32.1. The summed E-state index contributed by atoms with van der Waals surface area (Å²) in [5.74, 6) is 0. The molecule has 1 aromatic carbocycles. The van der Waals surface area contributed by atoms with Crippen LogP contribution < -0.4 is 10.6 Å². The minimum Gasteiger partial charge on any atom is -0.444 e. The number of amides is 1. The summed E-state index contributed by atoms with van der Waals surface area (Å²) in [6, 6.07) is 4.07. The van der Waals surface area contributed by atoms with Crippen LogP contribution in [0.25, 0.3) is 10.2 Å². The fourth-order valence-corrected chi connectivity index (χ4v) is 3.89. The van der Waals surface area contributed by atoms with Gasteiger partial charge in [0.15, 0.2) is 0 Å². The molecule has 1 amide bonds. The van der Waals surface area contributed by atoms with Crippen molar-refractivity contribution in [3.05, 3.63) is 17.1 Å². The number of ether oxygens (including phenoxy) is 1. The first-order valence-corrected chi connectivity index (χ1v) is 9.44. The quantitative estimate of drug-likeness (QED) is 0.784. The molecule has 0 aliphatic carbocycles. The van der Waals surface area contributed by atoms with Gasteiger partial charge in [0.25, 0.3) is 0 Å². The van der Waals surface area contributed by atoms with Gasteiger partial charge in [-0.3, -0.25) is 0 Å². The SMILES string of the molecule is Cc1nc2cc(N3CCCN(C(=O)OC(C)(C)C)CC3)c(N)cc2s1. The van der Waals surface area contributed by atoms with Gasteiger partial charge < -0.3 is 20.3 Å². The monoisotopic (exact) mass is 362 g/mol. The number of anilines is 2. The van der Waals surface area contributed by atoms with Gasteiger partial charge in [-0.2, -0.15) is 0 Å². The van der Waals surface area contributed by atoms with Gasteiger partial charge in [-0.1, -0.05) is 0 Å². The molecule has 1 aliphatic rings. The molecule has 2 aromatic rings. The van der Waals surface area contributed by atoms with Gasteiger partial charge in [-0.05, 0) is 46.2 Å². The number of carbonyl (C=O) groups excluding carboxylic acids is 1. The number of fused-ring (bicyclic) bond motifs is 1. The van der Waals surface area contributed by atoms with Gasteiger partial charge in [0.05, 0.1) is 26.6 Å². The van der Waals surface area contributed by atoms with Gasteiger partial charge >= 0.3 is 6.09 Å². The van der Waals surface area contributed by atoms with Crippen LogP contribution in [0.5, 0.6) is 0 Å². The Labute approximate surface area is 152 Å². The predicted molar refractivity (Wildman–Crippen MR) is 103 cm³/mol. The first-order chi connectivity index (χ1) is 11.7. The van der Waals surface area contributed by atoms with E-state index in [2.05, 4.69) is 16.0 Å². The Morgan fingerprint density at radius 1 is 1.24 bits per heavy atom. The number of nitrogens with two attached hydrogens (primary N) is 1. The van der Waals surface area contributed by atoms with Crippen molar-refractivity contribution < 1.29 is 9.53 Å². The number of carbonyl (C=O) groups is 1. The van der Waals surface area contributed by atoms with E-state index >= 15 is 0 Å². The van der Waals surface area contributed by atoms with Gasteiger partial charge in [0.1, 0.15) is 5.60 Å². The lowest BCUT2D eigenvalue weighted by atomic mass is 10.2. The molecule has 0 spiro atoms. The van der Waals surface area contributed by atoms with Gasteiger partial charge in [0.2, 0.25) is 0 Å². The molecule has 1 fully saturated rings. The third-order valence-electron chi connectivity index (χ3n) is 4.13. The van der Waals surface area contributed by atoms with Crippen molar-refractivity contribution in [2.75, 3.05) is 36.8 Å². The third kappa shape index (κ3) is 4.15.